The van der Waals surface area contributed by atoms with Crippen LogP contribution in [0.15, 0.2) is 23.1 Å². The van der Waals surface area contributed by atoms with E-state index >= 15 is 0 Å². The van der Waals surface area contributed by atoms with Gasteiger partial charge in [0.25, 0.3) is 5.69 Å². The van der Waals surface area contributed by atoms with Gasteiger partial charge < -0.3 is 5.73 Å². The van der Waals surface area contributed by atoms with E-state index in [2.05, 4.69) is 6.92 Å². The minimum Gasteiger partial charge on any atom is -0.330 e. The summed E-state index contributed by atoms with van der Waals surface area (Å²) in [6.07, 6.45) is 0.745. The number of rotatable bonds is 4. The van der Waals surface area contributed by atoms with Crippen molar-refractivity contribution >= 4 is 15.7 Å². The normalized spacial score (nSPS) is 23.4. The lowest BCUT2D eigenvalue weighted by molar-refractivity contribution is -0.385. The Morgan fingerprint density at radius 3 is 2.73 bits per heavy atom. The number of nitrogens with two attached hydrogens (primary N) is 1. The van der Waals surface area contributed by atoms with Gasteiger partial charge in [0, 0.05) is 24.7 Å². The predicted octanol–water partition coefficient (Wildman–Crippen LogP) is 1.51. The molecule has 1 aliphatic rings. The largest absolute Gasteiger partial charge is 0.330 e. The van der Waals surface area contributed by atoms with Crippen molar-refractivity contribution in [3.63, 3.8) is 0 Å². The van der Waals surface area contributed by atoms with Crippen LogP contribution in [0.1, 0.15) is 18.9 Å². The van der Waals surface area contributed by atoms with Crippen molar-refractivity contribution < 1.29 is 13.3 Å². The van der Waals surface area contributed by atoms with E-state index in [0.29, 0.717) is 25.6 Å². The van der Waals surface area contributed by atoms with Gasteiger partial charge in [0.2, 0.25) is 10.0 Å². The SMILES string of the molecule is Cc1c([N+](=O)[O-])cccc1S(=O)(=O)N1CCC(C)C(CN)C1. The second-order valence-electron chi connectivity index (χ2n) is 5.78. The quantitative estimate of drug-likeness (QED) is 0.666. The van der Waals surface area contributed by atoms with E-state index in [1.807, 2.05) is 0 Å². The predicted molar refractivity (Wildman–Crippen MR) is 82.9 cm³/mol. The molecule has 7 nitrogen and oxygen atoms in total. The van der Waals surface area contributed by atoms with Crippen LogP contribution in [0.3, 0.4) is 0 Å². The van der Waals surface area contributed by atoms with Crippen molar-refractivity contribution in [2.75, 3.05) is 19.6 Å². The number of benzene rings is 1. The summed E-state index contributed by atoms with van der Waals surface area (Å²) < 4.78 is 27.0. The first-order chi connectivity index (χ1) is 10.3. The Morgan fingerprint density at radius 1 is 1.45 bits per heavy atom. The van der Waals surface area contributed by atoms with E-state index in [0.717, 1.165) is 6.42 Å². The molecule has 0 radical (unpaired) electrons. The first-order valence-electron chi connectivity index (χ1n) is 7.23. The Balaban J connectivity index is 2.39. The number of sulfonamides is 1. The Bertz CT molecular complexity index is 675. The Labute approximate surface area is 130 Å². The van der Waals surface area contributed by atoms with Crippen LogP contribution in [0, 0.1) is 28.9 Å². The zero-order valence-electron chi connectivity index (χ0n) is 12.7. The molecule has 1 aromatic carbocycles. The standard InChI is InChI=1S/C14H21N3O4S/c1-10-6-7-16(9-12(10)8-15)22(20,21)14-5-3-4-13(11(14)2)17(18)19/h3-5,10,12H,6-9,15H2,1-2H3. The summed E-state index contributed by atoms with van der Waals surface area (Å²) in [6.45, 7) is 4.75. The lowest BCUT2D eigenvalue weighted by Crippen LogP contribution is -2.45. The first kappa shape index (κ1) is 16.9. The average molecular weight is 327 g/mol. The first-order valence-corrected chi connectivity index (χ1v) is 8.67. The van der Waals surface area contributed by atoms with Gasteiger partial charge in [0.05, 0.1) is 9.82 Å². The van der Waals surface area contributed by atoms with Crippen LogP contribution in [0.2, 0.25) is 0 Å². The van der Waals surface area contributed by atoms with E-state index in [-0.39, 0.29) is 22.1 Å². The number of hydrogen-bond donors (Lipinski definition) is 1. The van der Waals surface area contributed by atoms with Gasteiger partial charge in [-0.05, 0) is 37.8 Å². The van der Waals surface area contributed by atoms with Gasteiger partial charge in [-0.2, -0.15) is 4.31 Å². The molecule has 0 saturated carbocycles. The molecule has 0 bridgehead atoms. The molecule has 0 amide bonds. The van der Waals surface area contributed by atoms with Crippen molar-refractivity contribution in [2.24, 2.45) is 17.6 Å². The maximum absolute atomic E-state index is 12.8. The third-order valence-corrected chi connectivity index (χ3v) is 6.46. The molecule has 0 aliphatic carbocycles. The summed E-state index contributed by atoms with van der Waals surface area (Å²) in [4.78, 5) is 10.4. The van der Waals surface area contributed by atoms with Gasteiger partial charge in [-0.1, -0.05) is 13.0 Å². The molecule has 22 heavy (non-hydrogen) atoms. The average Bonchev–Trinajstić information content (AvgIpc) is 2.47. The fraction of sp³-hybridized carbons (Fsp3) is 0.571. The van der Waals surface area contributed by atoms with E-state index in [1.54, 1.807) is 0 Å². The monoisotopic (exact) mass is 327 g/mol. The third-order valence-electron chi connectivity index (χ3n) is 4.45. The molecule has 1 aromatic rings. The highest BCUT2D eigenvalue weighted by molar-refractivity contribution is 7.89. The molecular weight excluding hydrogens is 306 g/mol. The zero-order valence-corrected chi connectivity index (χ0v) is 13.5. The maximum atomic E-state index is 12.8. The minimum atomic E-state index is -3.74. The Hall–Kier alpha value is -1.51. The fourth-order valence-corrected chi connectivity index (χ4v) is 4.61. The van der Waals surface area contributed by atoms with Gasteiger partial charge in [-0.15, -0.1) is 0 Å². The highest BCUT2D eigenvalue weighted by atomic mass is 32.2. The molecule has 1 saturated heterocycles. The maximum Gasteiger partial charge on any atom is 0.273 e. The van der Waals surface area contributed by atoms with E-state index in [9.17, 15) is 18.5 Å². The summed E-state index contributed by atoms with van der Waals surface area (Å²) in [5.41, 5.74) is 5.72. The molecule has 1 heterocycles. The second kappa shape index (κ2) is 6.31. The van der Waals surface area contributed by atoms with Crippen LogP contribution in [-0.4, -0.2) is 37.3 Å². The summed E-state index contributed by atoms with van der Waals surface area (Å²) in [6, 6.07) is 4.15. The van der Waals surface area contributed by atoms with Crippen LogP contribution in [-0.2, 0) is 10.0 Å². The van der Waals surface area contributed by atoms with Crippen molar-refractivity contribution in [3.05, 3.63) is 33.9 Å². The number of nitro benzene ring substituents is 1. The lowest BCUT2D eigenvalue weighted by atomic mass is 9.88. The van der Waals surface area contributed by atoms with Gasteiger partial charge >= 0.3 is 0 Å². The van der Waals surface area contributed by atoms with E-state index < -0.39 is 14.9 Å². The Morgan fingerprint density at radius 2 is 2.14 bits per heavy atom. The molecule has 0 spiro atoms. The number of nitrogens with zero attached hydrogens (tertiary/aromatic N) is 2. The van der Waals surface area contributed by atoms with Crippen LogP contribution < -0.4 is 5.73 Å². The smallest absolute Gasteiger partial charge is 0.273 e. The van der Waals surface area contributed by atoms with Gasteiger partial charge in [-0.3, -0.25) is 10.1 Å². The molecule has 8 heteroatoms. The van der Waals surface area contributed by atoms with Gasteiger partial charge in [0.15, 0.2) is 0 Å². The highest BCUT2D eigenvalue weighted by Crippen LogP contribution is 2.31. The van der Waals surface area contributed by atoms with Crippen LogP contribution in [0.5, 0.6) is 0 Å². The van der Waals surface area contributed by atoms with Crippen molar-refractivity contribution in [3.8, 4) is 0 Å². The minimum absolute atomic E-state index is 0.00650. The molecule has 1 fully saturated rings. The van der Waals surface area contributed by atoms with Crippen molar-refractivity contribution in [1.29, 1.82) is 0 Å². The Kier molecular flexibility index (Phi) is 4.84. The lowest BCUT2D eigenvalue weighted by Gasteiger charge is -2.35. The molecule has 2 rings (SSSR count). The number of piperidine rings is 1. The molecular formula is C14H21N3O4S. The van der Waals surface area contributed by atoms with Gasteiger partial charge in [-0.25, -0.2) is 8.42 Å². The summed E-state index contributed by atoms with van der Waals surface area (Å²) in [5.74, 6) is 0.491. The molecule has 0 aromatic heterocycles. The van der Waals surface area contributed by atoms with Crippen LogP contribution in [0.4, 0.5) is 5.69 Å². The number of nitro groups is 1. The molecule has 122 valence electrons. The topological polar surface area (TPSA) is 107 Å². The van der Waals surface area contributed by atoms with Gasteiger partial charge in [0.1, 0.15) is 0 Å². The molecule has 1 aliphatic heterocycles. The highest BCUT2D eigenvalue weighted by Gasteiger charge is 2.34. The molecule has 2 N–H and O–H groups in total. The van der Waals surface area contributed by atoms with E-state index in [4.69, 9.17) is 5.73 Å². The third kappa shape index (κ3) is 2.99. The van der Waals surface area contributed by atoms with Crippen LogP contribution >= 0.6 is 0 Å². The van der Waals surface area contributed by atoms with Crippen LogP contribution in [0.25, 0.3) is 0 Å². The fourth-order valence-electron chi connectivity index (χ4n) is 2.86. The summed E-state index contributed by atoms with van der Waals surface area (Å²) in [5, 5.41) is 11.0. The second-order valence-corrected chi connectivity index (χ2v) is 7.69. The molecule has 2 unspecified atom stereocenters. The molecule has 2 atom stereocenters. The van der Waals surface area contributed by atoms with E-state index in [1.165, 1.54) is 29.4 Å². The summed E-state index contributed by atoms with van der Waals surface area (Å²) >= 11 is 0. The van der Waals surface area contributed by atoms with Crippen molar-refractivity contribution in [2.45, 2.75) is 25.2 Å². The van der Waals surface area contributed by atoms with Crippen molar-refractivity contribution in [1.82, 2.24) is 4.31 Å². The zero-order chi connectivity index (χ0) is 16.5. The number of hydrogen-bond acceptors (Lipinski definition) is 5. The summed E-state index contributed by atoms with van der Waals surface area (Å²) in [7, 11) is -3.74.